The summed E-state index contributed by atoms with van der Waals surface area (Å²) in [5.41, 5.74) is 2.60. The molecule has 1 aliphatic heterocycles. The third kappa shape index (κ3) is 2.42. The van der Waals surface area contributed by atoms with Gasteiger partial charge in [0.05, 0.1) is 34.2 Å². The Morgan fingerprint density at radius 1 is 0.481 bits per heavy atom. The molecule has 3 heteroatoms. The van der Waals surface area contributed by atoms with E-state index >= 15 is 0 Å². The second-order valence-corrected chi connectivity index (χ2v) is 11.5. The van der Waals surface area contributed by atoms with Gasteiger partial charge in [-0.05, 0) is 32.9 Å². The average Bonchev–Trinajstić information content (AvgIpc) is 2.76. The van der Waals surface area contributed by atoms with Crippen LogP contribution in [0.25, 0.3) is 0 Å². The van der Waals surface area contributed by atoms with Crippen LogP contribution in [0, 0.1) is 0 Å². The third-order valence-corrected chi connectivity index (χ3v) is 11.4. The Labute approximate surface area is 174 Å². The lowest BCUT2D eigenvalue weighted by atomic mass is 10.2. The first-order valence-corrected chi connectivity index (χ1v) is 12.1. The van der Waals surface area contributed by atoms with Gasteiger partial charge in [0.25, 0.3) is 0 Å². The molecule has 0 unspecified atom stereocenters. The highest BCUT2D eigenvalue weighted by molar-refractivity contribution is 14.1. The van der Waals surface area contributed by atoms with E-state index < -0.39 is 8.07 Å². The van der Waals surface area contributed by atoms with E-state index in [1.807, 2.05) is 0 Å². The van der Waals surface area contributed by atoms with Crippen molar-refractivity contribution in [3.05, 3.63) is 109 Å². The van der Waals surface area contributed by atoms with Crippen molar-refractivity contribution in [1.29, 1.82) is 0 Å². The molecule has 0 aromatic heterocycles. The highest BCUT2D eigenvalue weighted by Gasteiger charge is 2.47. The first kappa shape index (κ1) is 16.8. The van der Waals surface area contributed by atoms with Crippen LogP contribution in [0.5, 0.6) is 0 Å². The van der Waals surface area contributed by atoms with Crippen molar-refractivity contribution in [3.8, 4) is 0 Å². The van der Waals surface area contributed by atoms with Crippen molar-refractivity contribution in [2.45, 2.75) is 0 Å². The largest absolute Gasteiger partial charge is 0.283 e. The highest BCUT2D eigenvalue weighted by Crippen LogP contribution is 2.34. The first-order chi connectivity index (χ1) is 13.3. The molecule has 0 atom stereocenters. The van der Waals surface area contributed by atoms with Crippen LogP contribution < -0.4 is 23.9 Å². The fourth-order valence-electron chi connectivity index (χ4n) is 4.36. The Morgan fingerprint density at radius 2 is 0.852 bits per heavy atom. The summed E-state index contributed by atoms with van der Waals surface area (Å²) in [6.45, 7) is 0. The van der Waals surface area contributed by atoms with Crippen LogP contribution >= 0.6 is 22.9 Å². The molecule has 1 nitrogen and oxygen atoms in total. The smallest absolute Gasteiger partial charge is 0.184 e. The molecule has 0 fully saturated rings. The predicted molar refractivity (Wildman–Crippen MR) is 126 cm³/mol. The van der Waals surface area contributed by atoms with Gasteiger partial charge in [0, 0.05) is 0 Å². The van der Waals surface area contributed by atoms with E-state index in [1.165, 1.54) is 32.1 Å². The maximum absolute atomic E-state index is 2.45. The summed E-state index contributed by atoms with van der Waals surface area (Å²) in [5.74, 6) is 0. The van der Waals surface area contributed by atoms with Crippen molar-refractivity contribution in [1.82, 2.24) is 0 Å². The Hall–Kier alpha value is -2.37. The van der Waals surface area contributed by atoms with Gasteiger partial charge in [-0.15, -0.1) is 0 Å². The summed E-state index contributed by atoms with van der Waals surface area (Å²) < 4.78 is 2.32. The zero-order chi connectivity index (χ0) is 18.3. The molecule has 130 valence electrons. The molecule has 0 radical (unpaired) electrons. The zero-order valence-corrected chi connectivity index (χ0v) is 17.9. The number of hydrogen-bond acceptors (Lipinski definition) is 1. The molecular weight excluding hydrogens is 457 g/mol. The quantitative estimate of drug-likeness (QED) is 0.242. The minimum Gasteiger partial charge on any atom is -0.283 e. The summed E-state index contributed by atoms with van der Waals surface area (Å²) in [7, 11) is -2.36. The van der Waals surface area contributed by atoms with Gasteiger partial charge in [0.1, 0.15) is 0 Å². The third-order valence-electron chi connectivity index (χ3n) is 5.45. The second-order valence-electron chi connectivity index (χ2n) is 6.80. The molecule has 0 spiro atoms. The standard InChI is InChI=1S/C24H18INSi/c25-26-21-15-7-9-17-23(21)27(19-11-3-1-4-12-19,20-13-5-2-6-14-20)24-18-10-8-16-22(24)26/h1-18H. The molecule has 0 N–H and O–H groups in total. The summed E-state index contributed by atoms with van der Waals surface area (Å²) in [6.07, 6.45) is 0. The number of hydrogen-bond donors (Lipinski definition) is 0. The van der Waals surface area contributed by atoms with Crippen LogP contribution in [0.3, 0.4) is 0 Å². The van der Waals surface area contributed by atoms with Gasteiger partial charge in [-0.1, -0.05) is 97.1 Å². The molecular formula is C24H18INSi. The zero-order valence-electron chi connectivity index (χ0n) is 14.7. The van der Waals surface area contributed by atoms with Crippen LogP contribution in [0.1, 0.15) is 0 Å². The van der Waals surface area contributed by atoms with Gasteiger partial charge >= 0.3 is 0 Å². The lowest BCUT2D eigenvalue weighted by Gasteiger charge is -2.42. The van der Waals surface area contributed by atoms with E-state index in [1.54, 1.807) is 0 Å². The molecule has 1 aliphatic rings. The summed E-state index contributed by atoms with van der Waals surface area (Å²) in [5, 5.41) is 5.77. The molecule has 1 heterocycles. The topological polar surface area (TPSA) is 3.24 Å². The maximum Gasteiger partial charge on any atom is 0.184 e. The lowest BCUT2D eigenvalue weighted by Crippen LogP contribution is -2.77. The van der Waals surface area contributed by atoms with Crippen molar-refractivity contribution in [2.24, 2.45) is 0 Å². The second kappa shape index (κ2) is 6.66. The molecule has 0 saturated carbocycles. The fourth-order valence-corrected chi connectivity index (χ4v) is 10.8. The molecule has 0 bridgehead atoms. The lowest BCUT2D eigenvalue weighted by molar-refractivity contribution is 1.47. The SMILES string of the molecule is IN1c2ccccc2[Si](c2ccccc2)(c2ccccc2)c2ccccc21. The Kier molecular flexibility index (Phi) is 4.14. The molecule has 0 amide bonds. The molecule has 27 heavy (non-hydrogen) atoms. The molecule has 0 aliphatic carbocycles. The van der Waals surface area contributed by atoms with Crippen molar-refractivity contribution in [2.75, 3.05) is 3.11 Å². The number of para-hydroxylation sites is 2. The highest BCUT2D eigenvalue weighted by atomic mass is 127. The van der Waals surface area contributed by atoms with E-state index in [9.17, 15) is 0 Å². The Bertz CT molecular complexity index is 1010. The number of anilines is 2. The van der Waals surface area contributed by atoms with E-state index in [-0.39, 0.29) is 0 Å². The minimum absolute atomic E-state index is 1.30. The van der Waals surface area contributed by atoms with Gasteiger partial charge < -0.3 is 0 Å². The van der Waals surface area contributed by atoms with Crippen LogP contribution in [-0.4, -0.2) is 8.07 Å². The Balaban J connectivity index is 1.99. The average molecular weight is 475 g/mol. The Morgan fingerprint density at radius 3 is 1.30 bits per heavy atom. The van der Waals surface area contributed by atoms with Gasteiger partial charge in [-0.25, -0.2) is 0 Å². The maximum atomic E-state index is 2.45. The van der Waals surface area contributed by atoms with Crippen LogP contribution in [0.15, 0.2) is 109 Å². The predicted octanol–water partition coefficient (Wildman–Crippen LogP) is 3.87. The minimum atomic E-state index is -2.36. The van der Waals surface area contributed by atoms with Crippen molar-refractivity contribution >= 4 is 63.1 Å². The van der Waals surface area contributed by atoms with Crippen LogP contribution in [0.2, 0.25) is 0 Å². The monoisotopic (exact) mass is 475 g/mol. The normalized spacial score (nSPS) is 14.3. The van der Waals surface area contributed by atoms with Crippen LogP contribution in [0.4, 0.5) is 11.4 Å². The summed E-state index contributed by atoms with van der Waals surface area (Å²) in [6, 6.07) is 40.0. The van der Waals surface area contributed by atoms with Crippen molar-refractivity contribution in [3.63, 3.8) is 0 Å². The van der Waals surface area contributed by atoms with Gasteiger partial charge in [0.2, 0.25) is 0 Å². The summed E-state index contributed by atoms with van der Waals surface area (Å²) in [4.78, 5) is 0. The van der Waals surface area contributed by atoms with E-state index in [4.69, 9.17) is 0 Å². The molecule has 4 aromatic rings. The first-order valence-electron chi connectivity index (χ1n) is 9.09. The van der Waals surface area contributed by atoms with E-state index in [0.29, 0.717) is 0 Å². The van der Waals surface area contributed by atoms with Gasteiger partial charge in [-0.2, -0.15) is 0 Å². The number of benzene rings is 4. The van der Waals surface area contributed by atoms with Crippen molar-refractivity contribution < 1.29 is 0 Å². The number of rotatable bonds is 2. The van der Waals surface area contributed by atoms with Crippen LogP contribution in [-0.2, 0) is 0 Å². The van der Waals surface area contributed by atoms with Gasteiger partial charge in [0.15, 0.2) is 8.07 Å². The molecule has 4 aromatic carbocycles. The summed E-state index contributed by atoms with van der Waals surface area (Å²) >= 11 is 2.45. The van der Waals surface area contributed by atoms with E-state index in [2.05, 4.69) is 135 Å². The number of fused-ring (bicyclic) bond motifs is 2. The molecule has 0 saturated heterocycles. The van der Waals surface area contributed by atoms with Gasteiger partial charge in [-0.3, -0.25) is 3.11 Å². The molecule has 5 rings (SSSR count). The number of halogens is 1. The fraction of sp³-hybridized carbons (Fsp3) is 0. The number of nitrogens with zero attached hydrogens (tertiary/aromatic N) is 1. The van der Waals surface area contributed by atoms with E-state index in [0.717, 1.165) is 0 Å².